The number of nitrogens with one attached hydrogen (secondary N) is 2. The first-order valence-electron chi connectivity index (χ1n) is 6.86. The van der Waals surface area contributed by atoms with Gasteiger partial charge in [-0.3, -0.25) is 0 Å². The van der Waals surface area contributed by atoms with Gasteiger partial charge < -0.3 is 10.1 Å². The van der Waals surface area contributed by atoms with E-state index in [1.807, 2.05) is 6.07 Å². The molecule has 22 heavy (non-hydrogen) atoms. The van der Waals surface area contributed by atoms with E-state index in [1.54, 1.807) is 7.11 Å². The second-order valence-corrected chi connectivity index (χ2v) is 7.50. The Balaban J connectivity index is 2.14. The van der Waals surface area contributed by atoms with E-state index in [-0.39, 0.29) is 27.6 Å². The first-order chi connectivity index (χ1) is 10.4. The number of ether oxygens (including phenoxy) is 1. The molecule has 0 aliphatic carbocycles. The number of sulfonamides is 1. The van der Waals surface area contributed by atoms with Gasteiger partial charge in [-0.2, -0.15) is 5.26 Å². The van der Waals surface area contributed by atoms with Crippen LogP contribution in [0, 0.1) is 11.3 Å². The number of benzene rings is 1. The van der Waals surface area contributed by atoms with Crippen LogP contribution in [0.5, 0.6) is 0 Å². The Bertz CT molecular complexity index is 679. The maximum atomic E-state index is 12.4. The van der Waals surface area contributed by atoms with Crippen molar-refractivity contribution >= 4 is 21.6 Å². The molecule has 0 amide bonds. The monoisotopic (exact) mass is 343 g/mol. The van der Waals surface area contributed by atoms with Crippen molar-refractivity contribution in [2.75, 3.05) is 26.8 Å². The Labute approximate surface area is 135 Å². The fourth-order valence-corrected chi connectivity index (χ4v) is 3.98. The summed E-state index contributed by atoms with van der Waals surface area (Å²) in [7, 11) is -2.10. The molecule has 1 aromatic carbocycles. The second kappa shape index (κ2) is 6.94. The Morgan fingerprint density at radius 3 is 2.86 bits per heavy atom. The van der Waals surface area contributed by atoms with Crippen molar-refractivity contribution in [1.82, 2.24) is 10.0 Å². The van der Waals surface area contributed by atoms with Gasteiger partial charge >= 0.3 is 0 Å². The molecule has 2 rings (SSSR count). The van der Waals surface area contributed by atoms with E-state index in [9.17, 15) is 8.42 Å². The Morgan fingerprint density at radius 1 is 1.55 bits per heavy atom. The SMILES string of the molecule is COCC1(CNS(=O)(=O)c2ccc(C#N)c(Cl)c2)CCCN1. The zero-order chi connectivity index (χ0) is 16.2. The smallest absolute Gasteiger partial charge is 0.240 e. The van der Waals surface area contributed by atoms with E-state index in [0.717, 1.165) is 19.4 Å². The summed E-state index contributed by atoms with van der Waals surface area (Å²) in [6.45, 7) is 1.51. The molecule has 0 aromatic heterocycles. The molecule has 1 aliphatic heterocycles. The summed E-state index contributed by atoms with van der Waals surface area (Å²) in [5.41, 5.74) is -0.132. The third-order valence-electron chi connectivity index (χ3n) is 3.72. The highest BCUT2D eigenvalue weighted by Crippen LogP contribution is 2.22. The summed E-state index contributed by atoms with van der Waals surface area (Å²) in [6, 6.07) is 5.96. The van der Waals surface area contributed by atoms with E-state index >= 15 is 0 Å². The molecule has 0 radical (unpaired) electrons. The Hall–Kier alpha value is -1.17. The van der Waals surface area contributed by atoms with Crippen molar-refractivity contribution < 1.29 is 13.2 Å². The number of methoxy groups -OCH3 is 1. The number of hydrogen-bond donors (Lipinski definition) is 2. The fourth-order valence-electron chi connectivity index (χ4n) is 2.54. The summed E-state index contributed by atoms with van der Waals surface area (Å²) in [4.78, 5) is 0.0436. The van der Waals surface area contributed by atoms with Crippen molar-refractivity contribution in [3.05, 3.63) is 28.8 Å². The molecule has 2 N–H and O–H groups in total. The minimum atomic E-state index is -3.69. The molecule has 1 saturated heterocycles. The van der Waals surface area contributed by atoms with Crippen LogP contribution < -0.4 is 10.0 Å². The van der Waals surface area contributed by atoms with Gasteiger partial charge in [0.1, 0.15) is 6.07 Å². The van der Waals surface area contributed by atoms with Crippen LogP contribution in [0.1, 0.15) is 18.4 Å². The lowest BCUT2D eigenvalue weighted by Crippen LogP contribution is -2.52. The molecular formula is C14H18ClN3O3S. The number of nitrogens with zero attached hydrogens (tertiary/aromatic N) is 1. The van der Waals surface area contributed by atoms with Gasteiger partial charge in [-0.25, -0.2) is 13.1 Å². The van der Waals surface area contributed by atoms with E-state index in [1.165, 1.54) is 18.2 Å². The molecule has 8 heteroatoms. The molecule has 1 aromatic rings. The van der Waals surface area contributed by atoms with Crippen LogP contribution in [0.15, 0.2) is 23.1 Å². The van der Waals surface area contributed by atoms with Crippen LogP contribution in [0.25, 0.3) is 0 Å². The van der Waals surface area contributed by atoms with Gasteiger partial charge in [0.2, 0.25) is 10.0 Å². The average Bonchev–Trinajstić information content (AvgIpc) is 2.95. The van der Waals surface area contributed by atoms with Crippen molar-refractivity contribution in [3.8, 4) is 6.07 Å². The van der Waals surface area contributed by atoms with Gasteiger partial charge in [0.25, 0.3) is 0 Å². The number of halogens is 1. The molecule has 120 valence electrons. The van der Waals surface area contributed by atoms with E-state index in [4.69, 9.17) is 21.6 Å². The highest BCUT2D eigenvalue weighted by Gasteiger charge is 2.34. The zero-order valence-corrected chi connectivity index (χ0v) is 13.8. The van der Waals surface area contributed by atoms with Gasteiger partial charge in [-0.05, 0) is 37.6 Å². The molecule has 6 nitrogen and oxygen atoms in total. The maximum Gasteiger partial charge on any atom is 0.240 e. The summed E-state index contributed by atoms with van der Waals surface area (Å²) < 4.78 is 32.5. The lowest BCUT2D eigenvalue weighted by atomic mass is 9.99. The van der Waals surface area contributed by atoms with Crippen molar-refractivity contribution in [2.45, 2.75) is 23.3 Å². The molecule has 1 atom stereocenters. The topological polar surface area (TPSA) is 91.2 Å². The van der Waals surface area contributed by atoms with Crippen molar-refractivity contribution in [3.63, 3.8) is 0 Å². The van der Waals surface area contributed by atoms with Gasteiger partial charge in [0, 0.05) is 13.7 Å². The minimum Gasteiger partial charge on any atom is -0.383 e. The highest BCUT2D eigenvalue weighted by atomic mass is 35.5. The van der Waals surface area contributed by atoms with E-state index < -0.39 is 10.0 Å². The largest absolute Gasteiger partial charge is 0.383 e. The average molecular weight is 344 g/mol. The lowest BCUT2D eigenvalue weighted by Gasteiger charge is -2.28. The minimum absolute atomic E-state index is 0.0436. The molecule has 1 heterocycles. The predicted octanol–water partition coefficient (Wildman–Crippen LogP) is 1.26. The Morgan fingerprint density at radius 2 is 2.32 bits per heavy atom. The molecule has 0 spiro atoms. The van der Waals surface area contributed by atoms with Crippen LogP contribution in [0.3, 0.4) is 0 Å². The molecular weight excluding hydrogens is 326 g/mol. The lowest BCUT2D eigenvalue weighted by molar-refractivity contribution is 0.122. The van der Waals surface area contributed by atoms with E-state index in [0.29, 0.717) is 6.61 Å². The molecule has 1 aliphatic rings. The van der Waals surface area contributed by atoms with Gasteiger partial charge in [-0.15, -0.1) is 0 Å². The Kier molecular flexibility index (Phi) is 5.42. The zero-order valence-electron chi connectivity index (χ0n) is 12.2. The van der Waals surface area contributed by atoms with Gasteiger partial charge in [-0.1, -0.05) is 11.6 Å². The van der Waals surface area contributed by atoms with Gasteiger partial charge in [0.15, 0.2) is 0 Å². The van der Waals surface area contributed by atoms with Crippen LogP contribution >= 0.6 is 11.6 Å². The van der Waals surface area contributed by atoms with Crippen molar-refractivity contribution in [1.29, 1.82) is 5.26 Å². The molecule has 1 fully saturated rings. The summed E-state index contributed by atoms with van der Waals surface area (Å²) >= 11 is 5.89. The molecule has 0 saturated carbocycles. The second-order valence-electron chi connectivity index (χ2n) is 5.32. The summed E-state index contributed by atoms with van der Waals surface area (Å²) in [5.74, 6) is 0. The maximum absolute atomic E-state index is 12.4. The summed E-state index contributed by atoms with van der Waals surface area (Å²) in [5, 5.41) is 12.3. The first-order valence-corrected chi connectivity index (χ1v) is 8.72. The third kappa shape index (κ3) is 3.77. The quantitative estimate of drug-likeness (QED) is 0.811. The number of rotatable bonds is 6. The van der Waals surface area contributed by atoms with E-state index in [2.05, 4.69) is 10.0 Å². The fraction of sp³-hybridized carbons (Fsp3) is 0.500. The predicted molar refractivity (Wildman–Crippen MR) is 83.2 cm³/mol. The first kappa shape index (κ1) is 17.2. The standard InChI is InChI=1S/C14H18ClN3O3S/c1-21-10-14(5-2-6-17-14)9-18-22(19,20)12-4-3-11(8-16)13(15)7-12/h3-4,7,17-18H,2,5-6,9-10H2,1H3. The van der Waals surface area contributed by atoms with Gasteiger partial charge in [0.05, 0.1) is 27.6 Å². The molecule has 1 unspecified atom stereocenters. The molecule has 0 bridgehead atoms. The normalized spacial score (nSPS) is 21.7. The van der Waals surface area contributed by atoms with Crippen LogP contribution in [-0.2, 0) is 14.8 Å². The van der Waals surface area contributed by atoms with Crippen LogP contribution in [0.2, 0.25) is 5.02 Å². The van der Waals surface area contributed by atoms with Crippen LogP contribution in [0.4, 0.5) is 0 Å². The van der Waals surface area contributed by atoms with Crippen LogP contribution in [-0.4, -0.2) is 40.8 Å². The third-order valence-corrected chi connectivity index (χ3v) is 5.44. The summed E-state index contributed by atoms with van der Waals surface area (Å²) in [6.07, 6.45) is 1.82. The van der Waals surface area contributed by atoms with Crippen molar-refractivity contribution in [2.24, 2.45) is 0 Å². The number of hydrogen-bond acceptors (Lipinski definition) is 5. The number of nitriles is 1. The highest BCUT2D eigenvalue weighted by molar-refractivity contribution is 7.89.